The minimum absolute atomic E-state index is 0.139. The van der Waals surface area contributed by atoms with E-state index in [-0.39, 0.29) is 10.7 Å². The second-order valence-electron chi connectivity index (χ2n) is 6.88. The van der Waals surface area contributed by atoms with Crippen molar-refractivity contribution in [2.45, 2.75) is 45.1 Å². The molecule has 0 saturated carbocycles. The minimum Gasteiger partial charge on any atom is -0.467 e. The van der Waals surface area contributed by atoms with E-state index in [1.54, 1.807) is 6.92 Å². The highest BCUT2D eigenvalue weighted by Gasteiger charge is 2.26. The molecule has 1 atom stereocenters. The highest BCUT2D eigenvalue weighted by atomic mass is 35.5. The monoisotopic (exact) mass is 401 g/mol. The number of methoxy groups -OCH3 is 1. The number of nitrogens with zero attached hydrogens (tertiary/aromatic N) is 3. The van der Waals surface area contributed by atoms with E-state index in [0.717, 1.165) is 42.5 Å². The van der Waals surface area contributed by atoms with E-state index in [4.69, 9.17) is 11.6 Å². The Morgan fingerprint density at radius 1 is 1.36 bits per heavy atom. The average molecular weight is 402 g/mol. The number of aliphatic hydroxyl groups is 1. The zero-order chi connectivity index (χ0) is 20.3. The van der Waals surface area contributed by atoms with E-state index in [2.05, 4.69) is 27.5 Å². The lowest BCUT2D eigenvalue weighted by Crippen LogP contribution is -2.17. The van der Waals surface area contributed by atoms with Crippen LogP contribution in [-0.4, -0.2) is 32.8 Å². The van der Waals surface area contributed by atoms with Gasteiger partial charge in [0.1, 0.15) is 5.15 Å². The van der Waals surface area contributed by atoms with Crippen molar-refractivity contribution in [1.82, 2.24) is 14.6 Å². The molecule has 0 amide bonds. The fourth-order valence-electron chi connectivity index (χ4n) is 3.25. The summed E-state index contributed by atoms with van der Waals surface area (Å²) in [5.74, 6) is -0.796. The van der Waals surface area contributed by atoms with Crippen molar-refractivity contribution in [3.8, 4) is 0 Å². The Morgan fingerprint density at radius 2 is 2.14 bits per heavy atom. The number of carbonyl (C=O) groups is 1. The lowest BCUT2D eigenvalue weighted by Gasteiger charge is -2.13. The van der Waals surface area contributed by atoms with Crippen LogP contribution in [0.4, 0.5) is 0 Å². The average Bonchev–Trinajstić information content (AvgIpc) is 3.10. The summed E-state index contributed by atoms with van der Waals surface area (Å²) in [5.41, 5.74) is 3.97. The fourth-order valence-corrected chi connectivity index (χ4v) is 3.62. The van der Waals surface area contributed by atoms with Crippen LogP contribution in [0.15, 0.2) is 36.4 Å². The van der Waals surface area contributed by atoms with Crippen molar-refractivity contribution in [3.63, 3.8) is 0 Å². The molecule has 0 aromatic carbocycles. The van der Waals surface area contributed by atoms with Gasteiger partial charge >= 0.3 is 5.97 Å². The van der Waals surface area contributed by atoms with Crippen molar-refractivity contribution in [2.24, 2.45) is 0 Å². The molecule has 0 spiro atoms. The SMILES string of the molecule is C=C1/C=C\C(c2cc3nc(C)c([C@H](O)C(=O)OC)c(Cl)n3n2)=C/CCCCC1. The smallest absolute Gasteiger partial charge is 0.339 e. The molecule has 148 valence electrons. The van der Waals surface area contributed by atoms with E-state index in [1.165, 1.54) is 18.0 Å². The van der Waals surface area contributed by atoms with Gasteiger partial charge in [0.15, 0.2) is 11.8 Å². The summed E-state index contributed by atoms with van der Waals surface area (Å²) in [6.45, 7) is 5.78. The van der Waals surface area contributed by atoms with E-state index in [1.807, 2.05) is 18.2 Å². The van der Waals surface area contributed by atoms with Gasteiger partial charge in [0, 0.05) is 11.8 Å². The first-order valence-corrected chi connectivity index (χ1v) is 9.68. The Kier molecular flexibility index (Phi) is 6.31. The summed E-state index contributed by atoms with van der Waals surface area (Å²) in [7, 11) is 1.21. The Morgan fingerprint density at radius 3 is 2.89 bits per heavy atom. The van der Waals surface area contributed by atoms with Crippen molar-refractivity contribution in [3.05, 3.63) is 58.6 Å². The van der Waals surface area contributed by atoms with Gasteiger partial charge in [-0.3, -0.25) is 0 Å². The van der Waals surface area contributed by atoms with Gasteiger partial charge in [-0.1, -0.05) is 48.4 Å². The second kappa shape index (κ2) is 8.71. The van der Waals surface area contributed by atoms with Gasteiger partial charge in [0.25, 0.3) is 0 Å². The third-order valence-electron chi connectivity index (χ3n) is 4.83. The predicted octanol–water partition coefficient (Wildman–Crippen LogP) is 4.36. The molecule has 2 aromatic rings. The van der Waals surface area contributed by atoms with Gasteiger partial charge < -0.3 is 9.84 Å². The molecule has 2 heterocycles. The van der Waals surface area contributed by atoms with Crippen LogP contribution >= 0.6 is 11.6 Å². The summed E-state index contributed by atoms with van der Waals surface area (Å²) in [6.07, 6.45) is 10.1. The highest BCUT2D eigenvalue weighted by Crippen LogP contribution is 2.29. The number of aromatic nitrogens is 3. The summed E-state index contributed by atoms with van der Waals surface area (Å²) in [5, 5.41) is 15.0. The van der Waals surface area contributed by atoms with E-state index in [9.17, 15) is 9.90 Å². The zero-order valence-corrected chi connectivity index (χ0v) is 16.9. The molecule has 0 radical (unpaired) electrons. The van der Waals surface area contributed by atoms with Crippen LogP contribution in [0.5, 0.6) is 0 Å². The maximum atomic E-state index is 11.8. The quantitative estimate of drug-likeness (QED) is 0.610. The number of esters is 1. The van der Waals surface area contributed by atoms with Crippen LogP contribution in [0.1, 0.15) is 55.2 Å². The summed E-state index contributed by atoms with van der Waals surface area (Å²) < 4.78 is 6.05. The van der Waals surface area contributed by atoms with Crippen molar-refractivity contribution in [1.29, 1.82) is 0 Å². The lowest BCUT2D eigenvalue weighted by atomic mass is 10.0. The van der Waals surface area contributed by atoms with Crippen LogP contribution in [0.3, 0.4) is 0 Å². The molecule has 0 saturated heterocycles. The Labute approximate surface area is 169 Å². The molecular weight excluding hydrogens is 378 g/mol. The van der Waals surface area contributed by atoms with Gasteiger partial charge in [-0.25, -0.2) is 14.3 Å². The zero-order valence-electron chi connectivity index (χ0n) is 16.1. The van der Waals surface area contributed by atoms with Gasteiger partial charge in [-0.2, -0.15) is 5.10 Å². The van der Waals surface area contributed by atoms with Gasteiger partial charge in [-0.05, 0) is 38.2 Å². The Balaban J connectivity index is 2.06. The van der Waals surface area contributed by atoms with Gasteiger partial charge in [-0.15, -0.1) is 0 Å². The molecule has 1 aliphatic carbocycles. The Bertz CT molecular complexity index is 975. The molecule has 28 heavy (non-hydrogen) atoms. The molecule has 0 fully saturated rings. The molecule has 1 N–H and O–H groups in total. The second-order valence-corrected chi connectivity index (χ2v) is 7.24. The largest absolute Gasteiger partial charge is 0.467 e. The molecule has 0 aliphatic heterocycles. The number of fused-ring (bicyclic) bond motifs is 1. The number of rotatable bonds is 3. The van der Waals surface area contributed by atoms with E-state index >= 15 is 0 Å². The maximum Gasteiger partial charge on any atom is 0.339 e. The molecular formula is C21H24ClN3O3. The molecule has 2 aromatic heterocycles. The van der Waals surface area contributed by atoms with Crippen LogP contribution in [0.2, 0.25) is 5.15 Å². The number of ether oxygens (including phenoxy) is 1. The topological polar surface area (TPSA) is 76.7 Å². The molecule has 1 aliphatic rings. The van der Waals surface area contributed by atoms with Crippen LogP contribution in [0, 0.1) is 6.92 Å². The molecule has 0 bridgehead atoms. The highest BCUT2D eigenvalue weighted by molar-refractivity contribution is 6.30. The number of carbonyl (C=O) groups excluding carboxylic acids is 1. The summed E-state index contributed by atoms with van der Waals surface area (Å²) in [6, 6.07) is 1.85. The summed E-state index contributed by atoms with van der Waals surface area (Å²) >= 11 is 6.47. The first-order chi connectivity index (χ1) is 13.4. The van der Waals surface area contributed by atoms with Crippen LogP contribution < -0.4 is 0 Å². The number of halogens is 1. The van der Waals surface area contributed by atoms with Crippen molar-refractivity contribution in [2.75, 3.05) is 7.11 Å². The van der Waals surface area contributed by atoms with Crippen molar-refractivity contribution < 1.29 is 14.6 Å². The number of aliphatic hydroxyl groups excluding tert-OH is 1. The first kappa shape index (κ1) is 20.3. The van der Waals surface area contributed by atoms with E-state index in [0.29, 0.717) is 11.3 Å². The number of aryl methyl sites for hydroxylation is 1. The maximum absolute atomic E-state index is 11.8. The predicted molar refractivity (Wildman–Crippen MR) is 109 cm³/mol. The van der Waals surface area contributed by atoms with Crippen LogP contribution in [0.25, 0.3) is 11.2 Å². The fraction of sp³-hybridized carbons (Fsp3) is 0.381. The molecule has 7 heteroatoms. The van der Waals surface area contributed by atoms with Gasteiger partial charge in [0.2, 0.25) is 0 Å². The molecule has 0 unspecified atom stereocenters. The van der Waals surface area contributed by atoms with Crippen molar-refractivity contribution >= 4 is 28.8 Å². The number of hydrogen-bond acceptors (Lipinski definition) is 5. The standard InChI is InChI=1S/C21H24ClN3O3/c1-13-8-6-4-5-7-9-15(11-10-13)16-12-17-23-14(2)18(19(26)21(27)28-3)20(22)25(17)24-16/h9-12,19,26H,1,4-8H2,2-3H3/b11-10-,15-9+/t19-/m0/s1. The third-order valence-corrected chi connectivity index (χ3v) is 5.19. The van der Waals surface area contributed by atoms with Gasteiger partial charge in [0.05, 0.1) is 18.4 Å². The first-order valence-electron chi connectivity index (χ1n) is 9.30. The molecule has 3 rings (SSSR count). The Hall–Kier alpha value is -2.44. The lowest BCUT2D eigenvalue weighted by molar-refractivity contribution is -0.150. The minimum atomic E-state index is -1.52. The third kappa shape index (κ3) is 4.18. The number of allylic oxidation sites excluding steroid dienone is 5. The van der Waals surface area contributed by atoms with E-state index < -0.39 is 12.1 Å². The summed E-state index contributed by atoms with van der Waals surface area (Å²) in [4.78, 5) is 16.2. The molecule has 6 nitrogen and oxygen atoms in total. The number of hydrogen-bond donors (Lipinski definition) is 1. The normalized spacial score (nSPS) is 19.7. The van der Waals surface area contributed by atoms with Crippen LogP contribution in [-0.2, 0) is 9.53 Å².